The molecule has 0 unspecified atom stereocenters. The smallest absolute Gasteiger partial charge is 0.227 e. The van der Waals surface area contributed by atoms with Gasteiger partial charge < -0.3 is 16.0 Å². The maximum absolute atomic E-state index is 6.12. The fraction of sp³-hybridized carbons (Fsp3) is 0.500. The molecule has 2 heterocycles. The summed E-state index contributed by atoms with van der Waals surface area (Å²) in [4.78, 5) is 13.2. The van der Waals surface area contributed by atoms with Gasteiger partial charge in [0.15, 0.2) is 0 Å². The van der Waals surface area contributed by atoms with E-state index in [1.54, 1.807) is 6.07 Å². The molecule has 0 saturated carbocycles. The van der Waals surface area contributed by atoms with Crippen LogP contribution in [0.5, 0.6) is 0 Å². The van der Waals surface area contributed by atoms with Crippen LogP contribution in [0.2, 0.25) is 10.0 Å². The molecule has 1 aliphatic heterocycles. The second kappa shape index (κ2) is 9.74. The number of halogens is 2. The summed E-state index contributed by atoms with van der Waals surface area (Å²) in [5, 5.41) is 4.89. The van der Waals surface area contributed by atoms with Gasteiger partial charge in [-0.05, 0) is 50.6 Å². The van der Waals surface area contributed by atoms with Gasteiger partial charge in [0.2, 0.25) is 5.95 Å². The lowest BCUT2D eigenvalue weighted by atomic mass is 10.0. The fourth-order valence-corrected chi connectivity index (χ4v) is 3.80. The summed E-state index contributed by atoms with van der Waals surface area (Å²) in [6, 6.07) is 8.21. The molecule has 0 radical (unpaired) electrons. The number of aromatic nitrogens is 2. The lowest BCUT2D eigenvalue weighted by Crippen LogP contribution is -2.44. The van der Waals surface area contributed by atoms with Crippen LogP contribution in [-0.4, -0.2) is 54.1 Å². The minimum absolute atomic E-state index is 0.511. The van der Waals surface area contributed by atoms with Gasteiger partial charge in [0, 0.05) is 44.5 Å². The van der Waals surface area contributed by atoms with Gasteiger partial charge in [-0.25, -0.2) is 4.98 Å². The maximum atomic E-state index is 6.12. The molecule has 6 nitrogen and oxygen atoms in total. The van der Waals surface area contributed by atoms with Gasteiger partial charge in [-0.1, -0.05) is 29.3 Å². The Morgan fingerprint density at radius 3 is 2.61 bits per heavy atom. The quantitative estimate of drug-likeness (QED) is 0.712. The second-order valence-corrected chi connectivity index (χ2v) is 8.22. The standard InChI is InChI=1S/C20H28Cl2N6/c1-14-11-19(23)26-20(25-14)27(2)10-7-24-16-5-8-28(9-6-16)13-15-3-4-17(21)18(22)12-15/h3-4,11-12,16,24H,5-10,13H2,1-2H3,(H2,23,25,26). The maximum Gasteiger partial charge on any atom is 0.227 e. The lowest BCUT2D eigenvalue weighted by Gasteiger charge is -2.33. The average Bonchev–Trinajstić information content (AvgIpc) is 2.65. The van der Waals surface area contributed by atoms with Crippen molar-refractivity contribution in [3.8, 4) is 0 Å². The Balaban J connectivity index is 1.39. The molecular weight excluding hydrogens is 395 g/mol. The zero-order chi connectivity index (χ0) is 20.1. The highest BCUT2D eigenvalue weighted by molar-refractivity contribution is 6.42. The summed E-state index contributed by atoms with van der Waals surface area (Å²) in [5.74, 6) is 1.19. The van der Waals surface area contributed by atoms with Gasteiger partial charge in [0.1, 0.15) is 5.82 Å². The number of hydrogen-bond donors (Lipinski definition) is 2. The molecular formula is C20H28Cl2N6. The minimum atomic E-state index is 0.511. The molecule has 1 aromatic carbocycles. The van der Waals surface area contributed by atoms with Crippen molar-refractivity contribution in [2.75, 3.05) is 43.9 Å². The highest BCUT2D eigenvalue weighted by Gasteiger charge is 2.19. The highest BCUT2D eigenvalue weighted by Crippen LogP contribution is 2.24. The van der Waals surface area contributed by atoms with Crippen molar-refractivity contribution in [1.82, 2.24) is 20.2 Å². The van der Waals surface area contributed by atoms with E-state index in [4.69, 9.17) is 28.9 Å². The molecule has 0 spiro atoms. The number of nitrogens with two attached hydrogens (primary N) is 1. The Bertz CT molecular complexity index is 772. The molecule has 28 heavy (non-hydrogen) atoms. The zero-order valence-corrected chi connectivity index (χ0v) is 18.0. The Labute approximate surface area is 177 Å². The van der Waals surface area contributed by atoms with Crippen molar-refractivity contribution < 1.29 is 0 Å². The van der Waals surface area contributed by atoms with Gasteiger partial charge in [0.25, 0.3) is 0 Å². The third-order valence-electron chi connectivity index (χ3n) is 5.06. The first-order valence-electron chi connectivity index (χ1n) is 9.62. The molecule has 0 amide bonds. The minimum Gasteiger partial charge on any atom is -0.384 e. The summed E-state index contributed by atoms with van der Waals surface area (Å²) in [7, 11) is 2.00. The number of likely N-dealkylation sites (tertiary alicyclic amines) is 1. The summed E-state index contributed by atoms with van der Waals surface area (Å²) in [6.45, 7) is 6.73. The van der Waals surface area contributed by atoms with E-state index in [1.807, 2.05) is 31.0 Å². The van der Waals surface area contributed by atoms with Crippen LogP contribution in [0.15, 0.2) is 24.3 Å². The number of nitrogens with zero attached hydrogens (tertiary/aromatic N) is 4. The normalized spacial score (nSPS) is 15.7. The number of nitrogen functional groups attached to an aromatic ring is 1. The summed E-state index contributed by atoms with van der Waals surface area (Å²) < 4.78 is 0. The van der Waals surface area contributed by atoms with Crippen LogP contribution < -0.4 is 16.0 Å². The SMILES string of the molecule is Cc1cc(N)nc(N(C)CCNC2CCN(Cc3ccc(Cl)c(Cl)c3)CC2)n1. The van der Waals surface area contributed by atoms with E-state index in [0.717, 1.165) is 51.3 Å². The van der Waals surface area contributed by atoms with E-state index in [0.29, 0.717) is 27.9 Å². The number of hydrogen-bond acceptors (Lipinski definition) is 6. The summed E-state index contributed by atoms with van der Waals surface area (Å²) in [6.07, 6.45) is 2.28. The van der Waals surface area contributed by atoms with Crippen LogP contribution in [-0.2, 0) is 6.54 Å². The largest absolute Gasteiger partial charge is 0.384 e. The van der Waals surface area contributed by atoms with Gasteiger partial charge in [-0.2, -0.15) is 4.98 Å². The second-order valence-electron chi connectivity index (χ2n) is 7.41. The van der Waals surface area contributed by atoms with Crippen LogP contribution in [0.25, 0.3) is 0 Å². The molecule has 0 atom stereocenters. The Hall–Kier alpha value is -1.60. The number of benzene rings is 1. The van der Waals surface area contributed by atoms with Crippen molar-refractivity contribution in [2.45, 2.75) is 32.4 Å². The van der Waals surface area contributed by atoms with Crippen molar-refractivity contribution in [3.05, 3.63) is 45.6 Å². The summed E-state index contributed by atoms with van der Waals surface area (Å²) in [5.41, 5.74) is 7.91. The molecule has 3 N–H and O–H groups in total. The number of nitrogens with one attached hydrogen (secondary N) is 1. The highest BCUT2D eigenvalue weighted by atomic mass is 35.5. The van der Waals surface area contributed by atoms with E-state index < -0.39 is 0 Å². The fourth-order valence-electron chi connectivity index (χ4n) is 3.48. The monoisotopic (exact) mass is 422 g/mol. The first-order chi connectivity index (χ1) is 13.4. The Kier molecular flexibility index (Phi) is 7.35. The molecule has 1 saturated heterocycles. The number of aryl methyl sites for hydroxylation is 1. The van der Waals surface area contributed by atoms with Crippen LogP contribution in [0.4, 0.5) is 11.8 Å². The molecule has 1 fully saturated rings. The van der Waals surface area contributed by atoms with E-state index in [-0.39, 0.29) is 0 Å². The Morgan fingerprint density at radius 1 is 1.18 bits per heavy atom. The van der Waals surface area contributed by atoms with Crippen LogP contribution in [0.3, 0.4) is 0 Å². The van der Waals surface area contributed by atoms with Crippen LogP contribution in [0, 0.1) is 6.92 Å². The molecule has 3 rings (SSSR count). The van der Waals surface area contributed by atoms with Gasteiger partial charge in [-0.15, -0.1) is 0 Å². The first kappa shape index (κ1) is 21.1. The number of anilines is 2. The first-order valence-corrected chi connectivity index (χ1v) is 10.4. The third-order valence-corrected chi connectivity index (χ3v) is 5.80. The number of likely N-dealkylation sites (N-methyl/N-ethyl adjacent to an activating group) is 1. The van der Waals surface area contributed by atoms with Gasteiger partial charge in [0.05, 0.1) is 10.0 Å². The number of piperidine rings is 1. The molecule has 0 aliphatic carbocycles. The van der Waals surface area contributed by atoms with E-state index in [9.17, 15) is 0 Å². The van der Waals surface area contributed by atoms with Crippen molar-refractivity contribution in [1.29, 1.82) is 0 Å². The molecule has 1 aromatic heterocycles. The van der Waals surface area contributed by atoms with E-state index in [1.165, 1.54) is 5.56 Å². The topological polar surface area (TPSA) is 70.3 Å². The summed E-state index contributed by atoms with van der Waals surface area (Å²) >= 11 is 12.1. The van der Waals surface area contributed by atoms with Crippen LogP contribution >= 0.6 is 23.2 Å². The van der Waals surface area contributed by atoms with Crippen molar-refractivity contribution in [2.24, 2.45) is 0 Å². The van der Waals surface area contributed by atoms with Crippen LogP contribution in [0.1, 0.15) is 24.1 Å². The predicted octanol–water partition coefficient (Wildman–Crippen LogP) is 3.36. The van der Waals surface area contributed by atoms with E-state index >= 15 is 0 Å². The van der Waals surface area contributed by atoms with E-state index in [2.05, 4.69) is 26.3 Å². The predicted molar refractivity (Wildman–Crippen MR) is 117 cm³/mol. The van der Waals surface area contributed by atoms with Crippen molar-refractivity contribution in [3.63, 3.8) is 0 Å². The zero-order valence-electron chi connectivity index (χ0n) is 16.5. The average molecular weight is 423 g/mol. The molecule has 0 bridgehead atoms. The molecule has 8 heteroatoms. The van der Waals surface area contributed by atoms with Gasteiger partial charge in [-0.3, -0.25) is 4.90 Å². The molecule has 1 aliphatic rings. The van der Waals surface area contributed by atoms with Crippen molar-refractivity contribution >= 4 is 35.0 Å². The lowest BCUT2D eigenvalue weighted by molar-refractivity contribution is 0.191. The third kappa shape index (κ3) is 5.95. The Morgan fingerprint density at radius 2 is 1.93 bits per heavy atom. The molecule has 2 aromatic rings. The molecule has 152 valence electrons. The number of rotatable bonds is 7. The van der Waals surface area contributed by atoms with Gasteiger partial charge >= 0.3 is 0 Å².